The zero-order valence-corrected chi connectivity index (χ0v) is 7.23. The molecule has 1 aromatic rings. The molecule has 0 saturated heterocycles. The normalized spacial score (nSPS) is 11.4. The second-order valence-electron chi connectivity index (χ2n) is 2.45. The van der Waals surface area contributed by atoms with Crippen LogP contribution >= 0.6 is 0 Å². The monoisotopic (exact) mass is 175 g/mol. The molecule has 1 unspecified atom stereocenters. The largest absolute Gasteiger partial charge is 0.446 e. The topological polar surface area (TPSA) is 39.2 Å². The van der Waals surface area contributed by atoms with E-state index in [9.17, 15) is 4.79 Å². The van der Waals surface area contributed by atoms with Crippen molar-refractivity contribution in [2.24, 2.45) is 0 Å². The van der Waals surface area contributed by atoms with Gasteiger partial charge in [0.25, 0.3) is 0 Å². The summed E-state index contributed by atoms with van der Waals surface area (Å²) in [6.45, 7) is 1.64. The van der Waals surface area contributed by atoms with Crippen molar-refractivity contribution in [1.29, 1.82) is 0 Å². The van der Waals surface area contributed by atoms with Gasteiger partial charge in [0.05, 0.1) is 5.56 Å². The van der Waals surface area contributed by atoms with Crippen molar-refractivity contribution in [2.75, 3.05) is 0 Å². The summed E-state index contributed by atoms with van der Waals surface area (Å²) in [5.74, 6) is 1.88. The third-order valence-electron chi connectivity index (χ3n) is 1.43. The molecule has 1 atom stereocenters. The first-order chi connectivity index (χ1) is 6.24. The number of hydrogen-bond donors (Lipinski definition) is 0. The van der Waals surface area contributed by atoms with Crippen molar-refractivity contribution in [2.45, 2.75) is 13.0 Å². The molecule has 0 aliphatic carbocycles. The SMILES string of the molecule is C#CC(C)OC(=O)c1ccncc1. The van der Waals surface area contributed by atoms with Crippen LogP contribution in [0, 0.1) is 12.3 Å². The summed E-state index contributed by atoms with van der Waals surface area (Å²) in [7, 11) is 0. The van der Waals surface area contributed by atoms with Crippen LogP contribution in [0.4, 0.5) is 0 Å². The Hall–Kier alpha value is -1.82. The van der Waals surface area contributed by atoms with E-state index < -0.39 is 12.1 Å². The molecule has 3 nitrogen and oxygen atoms in total. The van der Waals surface area contributed by atoms with Gasteiger partial charge in [0, 0.05) is 12.4 Å². The first kappa shape index (κ1) is 9.27. The summed E-state index contributed by atoms with van der Waals surface area (Å²) in [5, 5.41) is 0. The number of nitrogens with zero attached hydrogens (tertiary/aromatic N) is 1. The summed E-state index contributed by atoms with van der Waals surface area (Å²) in [4.78, 5) is 15.0. The number of carbonyl (C=O) groups excluding carboxylic acids is 1. The molecule has 0 aliphatic heterocycles. The van der Waals surface area contributed by atoms with Crippen molar-refractivity contribution in [3.63, 3.8) is 0 Å². The molecule has 0 aliphatic rings. The average Bonchev–Trinajstić information content (AvgIpc) is 2.19. The number of pyridine rings is 1. The van der Waals surface area contributed by atoms with Crippen molar-refractivity contribution >= 4 is 5.97 Å². The van der Waals surface area contributed by atoms with Gasteiger partial charge in [-0.2, -0.15) is 0 Å². The van der Waals surface area contributed by atoms with Crippen LogP contribution in [-0.4, -0.2) is 17.1 Å². The average molecular weight is 175 g/mol. The number of hydrogen-bond acceptors (Lipinski definition) is 3. The number of rotatable bonds is 2. The highest BCUT2D eigenvalue weighted by Crippen LogP contribution is 2.01. The zero-order valence-electron chi connectivity index (χ0n) is 7.23. The van der Waals surface area contributed by atoms with Crippen LogP contribution in [0.3, 0.4) is 0 Å². The predicted molar refractivity (Wildman–Crippen MR) is 47.9 cm³/mol. The van der Waals surface area contributed by atoms with E-state index in [1.165, 1.54) is 12.4 Å². The van der Waals surface area contributed by atoms with Crippen LogP contribution in [0.2, 0.25) is 0 Å². The van der Waals surface area contributed by atoms with Crippen molar-refractivity contribution in [3.05, 3.63) is 30.1 Å². The zero-order chi connectivity index (χ0) is 9.68. The van der Waals surface area contributed by atoms with Crippen LogP contribution in [0.25, 0.3) is 0 Å². The molecule has 13 heavy (non-hydrogen) atoms. The summed E-state index contributed by atoms with van der Waals surface area (Å²) < 4.78 is 4.88. The number of aromatic nitrogens is 1. The quantitative estimate of drug-likeness (QED) is 0.501. The molecule has 0 amide bonds. The molecule has 1 heterocycles. The van der Waals surface area contributed by atoms with Crippen molar-refractivity contribution in [3.8, 4) is 12.3 Å². The standard InChI is InChI=1S/C10H9NO2/c1-3-8(2)13-10(12)9-4-6-11-7-5-9/h1,4-8H,2H3. The summed E-state index contributed by atoms with van der Waals surface area (Å²) in [6, 6.07) is 3.15. The maximum Gasteiger partial charge on any atom is 0.339 e. The Morgan fingerprint density at radius 2 is 2.23 bits per heavy atom. The Kier molecular flexibility index (Phi) is 3.04. The minimum absolute atomic E-state index is 0.423. The summed E-state index contributed by atoms with van der Waals surface area (Å²) >= 11 is 0. The first-order valence-electron chi connectivity index (χ1n) is 3.81. The van der Waals surface area contributed by atoms with Crippen molar-refractivity contribution < 1.29 is 9.53 Å². The summed E-state index contributed by atoms with van der Waals surface area (Å²) in [5.41, 5.74) is 0.456. The van der Waals surface area contributed by atoms with Gasteiger partial charge in [-0.25, -0.2) is 4.79 Å². The molecule has 66 valence electrons. The van der Waals surface area contributed by atoms with Crippen LogP contribution in [0.5, 0.6) is 0 Å². The van der Waals surface area contributed by atoms with Gasteiger partial charge < -0.3 is 4.74 Å². The Bertz CT molecular complexity index is 327. The fourth-order valence-corrected chi connectivity index (χ4v) is 0.751. The lowest BCUT2D eigenvalue weighted by Gasteiger charge is -2.05. The van der Waals surface area contributed by atoms with Crippen molar-refractivity contribution in [1.82, 2.24) is 4.98 Å². The molecule has 0 N–H and O–H groups in total. The smallest absolute Gasteiger partial charge is 0.339 e. The van der Waals surface area contributed by atoms with Gasteiger partial charge >= 0.3 is 5.97 Å². The highest BCUT2D eigenvalue weighted by molar-refractivity contribution is 5.89. The molecule has 0 bridgehead atoms. The molecule has 0 spiro atoms. The fourth-order valence-electron chi connectivity index (χ4n) is 0.751. The van der Waals surface area contributed by atoms with Gasteiger partial charge in [-0.15, -0.1) is 6.42 Å². The van der Waals surface area contributed by atoms with E-state index in [4.69, 9.17) is 11.2 Å². The molecule has 0 radical (unpaired) electrons. The van der Waals surface area contributed by atoms with Gasteiger partial charge in [0.2, 0.25) is 0 Å². The van der Waals surface area contributed by atoms with Gasteiger partial charge in [-0.1, -0.05) is 5.92 Å². The van der Waals surface area contributed by atoms with Gasteiger partial charge in [0.15, 0.2) is 6.10 Å². The fraction of sp³-hybridized carbons (Fsp3) is 0.200. The lowest BCUT2D eigenvalue weighted by atomic mass is 10.3. The van der Waals surface area contributed by atoms with Crippen LogP contribution < -0.4 is 0 Å². The summed E-state index contributed by atoms with van der Waals surface area (Å²) in [6.07, 6.45) is 7.61. The Morgan fingerprint density at radius 1 is 1.62 bits per heavy atom. The van der Waals surface area contributed by atoms with Gasteiger partial charge in [-0.05, 0) is 19.1 Å². The molecule has 1 aromatic heterocycles. The lowest BCUT2D eigenvalue weighted by Crippen LogP contribution is -2.12. The van der Waals surface area contributed by atoms with E-state index in [0.29, 0.717) is 5.56 Å². The number of ether oxygens (including phenoxy) is 1. The highest BCUT2D eigenvalue weighted by atomic mass is 16.5. The highest BCUT2D eigenvalue weighted by Gasteiger charge is 2.08. The van der Waals surface area contributed by atoms with Gasteiger partial charge in [0.1, 0.15) is 0 Å². The van der Waals surface area contributed by atoms with E-state index in [0.717, 1.165) is 0 Å². The molecular weight excluding hydrogens is 166 g/mol. The Morgan fingerprint density at radius 3 is 2.77 bits per heavy atom. The van der Waals surface area contributed by atoms with E-state index in [1.807, 2.05) is 0 Å². The maximum atomic E-state index is 11.3. The number of esters is 1. The predicted octanol–water partition coefficient (Wildman–Crippen LogP) is 1.26. The Balaban J connectivity index is 2.66. The molecule has 1 rings (SSSR count). The van der Waals surface area contributed by atoms with Crippen LogP contribution in [-0.2, 0) is 4.74 Å². The lowest BCUT2D eigenvalue weighted by molar-refractivity contribution is 0.0438. The van der Waals surface area contributed by atoms with Gasteiger partial charge in [-0.3, -0.25) is 4.98 Å². The molecule has 3 heteroatoms. The van der Waals surface area contributed by atoms with Crippen LogP contribution in [0.1, 0.15) is 17.3 Å². The first-order valence-corrected chi connectivity index (χ1v) is 3.81. The minimum atomic E-state index is -0.499. The second kappa shape index (κ2) is 4.27. The number of carbonyl (C=O) groups is 1. The number of terminal acetylenes is 1. The molecular formula is C10H9NO2. The van der Waals surface area contributed by atoms with Crippen LogP contribution in [0.15, 0.2) is 24.5 Å². The molecule has 0 saturated carbocycles. The third kappa shape index (κ3) is 2.60. The van der Waals surface area contributed by atoms with E-state index in [-0.39, 0.29) is 0 Å². The minimum Gasteiger partial charge on any atom is -0.446 e. The Labute approximate surface area is 76.8 Å². The molecule has 0 aromatic carbocycles. The molecule has 0 fully saturated rings. The maximum absolute atomic E-state index is 11.3. The third-order valence-corrected chi connectivity index (χ3v) is 1.43. The van der Waals surface area contributed by atoms with E-state index in [2.05, 4.69) is 10.9 Å². The van der Waals surface area contributed by atoms with E-state index in [1.54, 1.807) is 19.1 Å². The second-order valence-corrected chi connectivity index (χ2v) is 2.45. The van der Waals surface area contributed by atoms with E-state index >= 15 is 0 Å².